The number of hydrogen-bond acceptors (Lipinski definition) is 4. The van der Waals surface area contributed by atoms with Gasteiger partial charge in [-0.25, -0.2) is 9.37 Å². The third-order valence-electron chi connectivity index (χ3n) is 2.29. The van der Waals surface area contributed by atoms with Crippen LogP contribution < -0.4 is 5.73 Å². The molecule has 1 heterocycles. The van der Waals surface area contributed by atoms with Crippen molar-refractivity contribution in [2.75, 3.05) is 0 Å². The predicted octanol–water partition coefficient (Wildman–Crippen LogP) is 2.87. The molecule has 0 atom stereocenters. The molecule has 0 unspecified atom stereocenters. The summed E-state index contributed by atoms with van der Waals surface area (Å²) in [6.45, 7) is 2.08. The van der Waals surface area contributed by atoms with Gasteiger partial charge < -0.3 is 10.2 Å². The van der Waals surface area contributed by atoms with E-state index in [-0.39, 0.29) is 12.4 Å². The number of oxazole rings is 1. The fourth-order valence-corrected chi connectivity index (χ4v) is 2.21. The van der Waals surface area contributed by atoms with E-state index in [1.54, 1.807) is 18.4 Å². The molecule has 1 aromatic carbocycles. The number of benzene rings is 1. The predicted molar refractivity (Wildman–Crippen MR) is 65.1 cm³/mol. The van der Waals surface area contributed by atoms with Gasteiger partial charge in [-0.3, -0.25) is 0 Å². The summed E-state index contributed by atoms with van der Waals surface area (Å²) in [5.41, 5.74) is 7.85. The Bertz CT molecular complexity index is 513. The molecular weight excluding hydrogens is 239 g/mol. The van der Waals surface area contributed by atoms with Crippen molar-refractivity contribution >= 4 is 11.8 Å². The van der Waals surface area contributed by atoms with Crippen molar-refractivity contribution < 1.29 is 8.81 Å². The number of hydrogen-bond donors (Lipinski definition) is 1. The molecule has 0 radical (unpaired) electrons. The largest absolute Gasteiger partial charge is 0.440 e. The highest BCUT2D eigenvalue weighted by Gasteiger charge is 2.05. The first kappa shape index (κ1) is 12.1. The molecular formula is C12H13FN2OS. The van der Waals surface area contributed by atoms with Gasteiger partial charge in [0, 0.05) is 17.9 Å². The number of aromatic nitrogens is 1. The molecule has 0 saturated heterocycles. The fraction of sp³-hybridized carbons (Fsp3) is 0.250. The van der Waals surface area contributed by atoms with Crippen LogP contribution in [0.25, 0.3) is 0 Å². The maximum atomic E-state index is 13.2. The Morgan fingerprint density at radius 3 is 2.94 bits per heavy atom. The number of rotatable bonds is 4. The van der Waals surface area contributed by atoms with Gasteiger partial charge >= 0.3 is 0 Å². The molecule has 0 aliphatic heterocycles. The number of aryl methyl sites for hydroxylation is 1. The Labute approximate surface area is 103 Å². The molecule has 2 rings (SSSR count). The lowest BCUT2D eigenvalue weighted by Crippen LogP contribution is -2.00. The van der Waals surface area contributed by atoms with Crippen molar-refractivity contribution in [3.05, 3.63) is 47.1 Å². The first-order valence-corrected chi connectivity index (χ1v) is 6.20. The van der Waals surface area contributed by atoms with Crippen molar-refractivity contribution in [1.29, 1.82) is 0 Å². The summed E-state index contributed by atoms with van der Waals surface area (Å²) in [6, 6.07) is 4.97. The Balaban J connectivity index is 2.04. The van der Waals surface area contributed by atoms with E-state index in [1.165, 1.54) is 17.8 Å². The summed E-state index contributed by atoms with van der Waals surface area (Å²) in [5.74, 6) is 0.431. The standard InChI is InChI=1S/C12H13FN2OS/c1-8-6-16-12(15-8)17-7-9-2-3-11(13)10(4-9)5-14/h2-4,6H,5,7,14H2,1H3. The topological polar surface area (TPSA) is 52.0 Å². The highest BCUT2D eigenvalue weighted by atomic mass is 32.2. The van der Waals surface area contributed by atoms with Crippen molar-refractivity contribution in [3.63, 3.8) is 0 Å². The lowest BCUT2D eigenvalue weighted by molar-refractivity contribution is 0.454. The Morgan fingerprint density at radius 1 is 1.47 bits per heavy atom. The number of halogens is 1. The maximum absolute atomic E-state index is 13.2. The van der Waals surface area contributed by atoms with Crippen molar-refractivity contribution in [3.8, 4) is 0 Å². The van der Waals surface area contributed by atoms with E-state index < -0.39 is 0 Å². The molecule has 90 valence electrons. The van der Waals surface area contributed by atoms with E-state index in [9.17, 15) is 4.39 Å². The van der Waals surface area contributed by atoms with Gasteiger partial charge in [-0.2, -0.15) is 0 Å². The van der Waals surface area contributed by atoms with Gasteiger partial charge in [0.15, 0.2) is 0 Å². The number of nitrogens with two attached hydrogens (primary N) is 1. The Morgan fingerprint density at radius 2 is 2.29 bits per heavy atom. The highest BCUT2D eigenvalue weighted by Crippen LogP contribution is 2.22. The maximum Gasteiger partial charge on any atom is 0.256 e. The number of nitrogens with zero attached hydrogens (tertiary/aromatic N) is 1. The summed E-state index contributed by atoms with van der Waals surface area (Å²) in [7, 11) is 0. The molecule has 0 amide bonds. The zero-order valence-electron chi connectivity index (χ0n) is 9.44. The van der Waals surface area contributed by atoms with Crippen molar-refractivity contribution in [2.45, 2.75) is 24.4 Å². The molecule has 0 bridgehead atoms. The van der Waals surface area contributed by atoms with Crippen LogP contribution in [0.4, 0.5) is 4.39 Å². The normalized spacial score (nSPS) is 10.8. The van der Waals surface area contributed by atoms with E-state index in [1.807, 2.05) is 6.92 Å². The lowest BCUT2D eigenvalue weighted by Gasteiger charge is -2.03. The van der Waals surface area contributed by atoms with Crippen LogP contribution in [0, 0.1) is 12.7 Å². The minimum Gasteiger partial charge on any atom is -0.440 e. The molecule has 0 aliphatic rings. The third-order valence-corrected chi connectivity index (χ3v) is 3.20. The molecule has 0 saturated carbocycles. The molecule has 0 aliphatic carbocycles. The second kappa shape index (κ2) is 5.33. The monoisotopic (exact) mass is 252 g/mol. The zero-order valence-corrected chi connectivity index (χ0v) is 10.3. The molecule has 0 fully saturated rings. The van der Waals surface area contributed by atoms with Gasteiger partial charge in [0.2, 0.25) is 0 Å². The molecule has 5 heteroatoms. The summed E-state index contributed by atoms with van der Waals surface area (Å²) in [6.07, 6.45) is 1.61. The fourth-order valence-electron chi connectivity index (χ4n) is 1.42. The second-order valence-corrected chi connectivity index (χ2v) is 4.60. The van der Waals surface area contributed by atoms with Crippen LogP contribution in [0.1, 0.15) is 16.8 Å². The van der Waals surface area contributed by atoms with E-state index in [0.717, 1.165) is 11.3 Å². The molecule has 2 aromatic rings. The van der Waals surface area contributed by atoms with Crippen LogP contribution in [0.2, 0.25) is 0 Å². The van der Waals surface area contributed by atoms with Gasteiger partial charge in [-0.1, -0.05) is 23.9 Å². The van der Waals surface area contributed by atoms with Crippen LogP contribution in [-0.2, 0) is 12.3 Å². The van der Waals surface area contributed by atoms with Crippen LogP contribution in [0.5, 0.6) is 0 Å². The summed E-state index contributed by atoms with van der Waals surface area (Å²) < 4.78 is 18.4. The Hall–Kier alpha value is -1.33. The summed E-state index contributed by atoms with van der Waals surface area (Å²) in [5, 5.41) is 0.626. The lowest BCUT2D eigenvalue weighted by atomic mass is 10.1. The highest BCUT2D eigenvalue weighted by molar-refractivity contribution is 7.98. The van der Waals surface area contributed by atoms with Crippen molar-refractivity contribution in [2.24, 2.45) is 5.73 Å². The summed E-state index contributed by atoms with van der Waals surface area (Å²) >= 11 is 1.48. The Kier molecular flexibility index (Phi) is 3.81. The molecule has 17 heavy (non-hydrogen) atoms. The van der Waals surface area contributed by atoms with E-state index in [0.29, 0.717) is 16.5 Å². The van der Waals surface area contributed by atoms with Gasteiger partial charge in [-0.15, -0.1) is 0 Å². The SMILES string of the molecule is Cc1coc(SCc2ccc(F)c(CN)c2)n1. The van der Waals surface area contributed by atoms with E-state index in [2.05, 4.69) is 4.98 Å². The van der Waals surface area contributed by atoms with Gasteiger partial charge in [0.05, 0.1) is 5.69 Å². The minimum absolute atomic E-state index is 0.211. The van der Waals surface area contributed by atoms with Crippen LogP contribution in [0.3, 0.4) is 0 Å². The molecule has 0 spiro atoms. The van der Waals surface area contributed by atoms with Gasteiger partial charge in [0.1, 0.15) is 12.1 Å². The van der Waals surface area contributed by atoms with Gasteiger partial charge in [-0.05, 0) is 18.6 Å². The quantitative estimate of drug-likeness (QED) is 0.850. The van der Waals surface area contributed by atoms with Crippen LogP contribution in [0.15, 0.2) is 34.1 Å². The summed E-state index contributed by atoms with van der Waals surface area (Å²) in [4.78, 5) is 4.18. The van der Waals surface area contributed by atoms with Crippen LogP contribution in [-0.4, -0.2) is 4.98 Å². The van der Waals surface area contributed by atoms with Gasteiger partial charge in [0.25, 0.3) is 5.22 Å². The number of thioether (sulfide) groups is 1. The minimum atomic E-state index is -0.256. The van der Waals surface area contributed by atoms with Crippen LogP contribution >= 0.6 is 11.8 Å². The molecule has 1 aromatic heterocycles. The van der Waals surface area contributed by atoms with Crippen molar-refractivity contribution in [1.82, 2.24) is 4.98 Å². The smallest absolute Gasteiger partial charge is 0.256 e. The molecule has 3 nitrogen and oxygen atoms in total. The average molecular weight is 252 g/mol. The first-order valence-electron chi connectivity index (χ1n) is 5.21. The average Bonchev–Trinajstić information content (AvgIpc) is 2.74. The molecule has 2 N–H and O–H groups in total. The van der Waals surface area contributed by atoms with E-state index >= 15 is 0 Å². The first-order chi connectivity index (χ1) is 8.19. The zero-order chi connectivity index (χ0) is 12.3. The second-order valence-electron chi connectivity index (χ2n) is 3.67. The third kappa shape index (κ3) is 3.08. The van der Waals surface area contributed by atoms with E-state index in [4.69, 9.17) is 10.2 Å².